The minimum Gasteiger partial charge on any atom is -0.317 e. The van der Waals surface area contributed by atoms with E-state index in [-0.39, 0.29) is 18.2 Å². The predicted octanol–water partition coefficient (Wildman–Crippen LogP) is 5.04. The molecule has 0 saturated heterocycles. The highest BCUT2D eigenvalue weighted by molar-refractivity contribution is 7.99. The number of nitro benzene ring substituents is 1. The Morgan fingerprint density at radius 3 is 2.79 bits per heavy atom. The van der Waals surface area contributed by atoms with Crippen molar-refractivity contribution in [3.8, 4) is 0 Å². The number of hydrogen-bond acceptors (Lipinski definition) is 7. The molecule has 0 atom stereocenters. The molecule has 0 aliphatic rings. The van der Waals surface area contributed by atoms with E-state index in [0.29, 0.717) is 12.4 Å². The first-order valence-corrected chi connectivity index (χ1v) is 9.55. The number of imidazole rings is 1. The highest BCUT2D eigenvalue weighted by Crippen LogP contribution is 2.36. The van der Waals surface area contributed by atoms with Crippen LogP contribution in [-0.4, -0.2) is 19.5 Å². The van der Waals surface area contributed by atoms with Crippen LogP contribution >= 0.6 is 11.8 Å². The predicted molar refractivity (Wildman–Crippen MR) is 106 cm³/mol. The molecule has 1 aromatic carbocycles. The maximum Gasteiger partial charge on any atom is 0.270 e. The van der Waals surface area contributed by atoms with Crippen LogP contribution in [0.15, 0.2) is 63.8 Å². The van der Waals surface area contributed by atoms with Crippen molar-refractivity contribution < 1.29 is 4.92 Å². The highest BCUT2D eigenvalue weighted by atomic mass is 32.2. The summed E-state index contributed by atoms with van der Waals surface area (Å²) in [4.78, 5) is 20.4. The van der Waals surface area contributed by atoms with Gasteiger partial charge in [0.2, 0.25) is 0 Å². The second kappa shape index (κ2) is 8.75. The van der Waals surface area contributed by atoms with Crippen molar-refractivity contribution in [3.63, 3.8) is 0 Å². The van der Waals surface area contributed by atoms with Crippen LogP contribution in [0.4, 0.5) is 5.69 Å². The first-order chi connectivity index (χ1) is 13.5. The summed E-state index contributed by atoms with van der Waals surface area (Å²) in [6, 6.07) is 10.4. The lowest BCUT2D eigenvalue weighted by atomic mass is 10.1. The Labute approximate surface area is 166 Å². The lowest BCUT2D eigenvalue weighted by Crippen LogP contribution is -2.06. The van der Waals surface area contributed by atoms with Gasteiger partial charge < -0.3 is 4.57 Å². The lowest BCUT2D eigenvalue weighted by Gasteiger charge is -2.13. The van der Waals surface area contributed by atoms with Gasteiger partial charge in [-0.1, -0.05) is 37.7 Å². The molecule has 0 amide bonds. The van der Waals surface area contributed by atoms with E-state index in [1.54, 1.807) is 24.5 Å². The summed E-state index contributed by atoms with van der Waals surface area (Å²) in [6.45, 7) is 4.82. The first kappa shape index (κ1) is 19.7. The third-order valence-corrected chi connectivity index (χ3v) is 5.21. The molecule has 3 aromatic rings. The summed E-state index contributed by atoms with van der Waals surface area (Å²) in [7, 11) is 0. The monoisotopic (exact) mass is 396 g/mol. The molecule has 0 saturated carbocycles. The van der Waals surface area contributed by atoms with Gasteiger partial charge in [0.1, 0.15) is 17.4 Å². The van der Waals surface area contributed by atoms with E-state index in [9.17, 15) is 10.1 Å². The van der Waals surface area contributed by atoms with E-state index < -0.39 is 4.92 Å². The van der Waals surface area contributed by atoms with E-state index in [1.165, 1.54) is 17.8 Å². The van der Waals surface area contributed by atoms with Crippen molar-refractivity contribution in [2.45, 2.75) is 42.8 Å². The first-order valence-electron chi connectivity index (χ1n) is 8.73. The van der Waals surface area contributed by atoms with E-state index in [0.717, 1.165) is 21.2 Å². The number of nitrogens with zero attached hydrogens (tertiary/aromatic N) is 5. The molecule has 0 unspecified atom stereocenters. The second-order valence-corrected chi connectivity index (χ2v) is 7.56. The van der Waals surface area contributed by atoms with Crippen LogP contribution in [0.3, 0.4) is 0 Å². The number of pyridine rings is 1. The molecule has 0 spiro atoms. The Balaban J connectivity index is 2.07. The number of nitro groups is 1. The van der Waals surface area contributed by atoms with Gasteiger partial charge in [0.25, 0.3) is 5.69 Å². The number of rotatable bonds is 8. The fourth-order valence-corrected chi connectivity index (χ4v) is 4.00. The van der Waals surface area contributed by atoms with Gasteiger partial charge in [-0.05, 0) is 23.6 Å². The zero-order valence-corrected chi connectivity index (χ0v) is 16.4. The number of non-ortho nitro benzene ring substituents is 1. The Kier molecular flexibility index (Phi) is 6.15. The minimum absolute atomic E-state index is 0.0517. The molecule has 0 aliphatic carbocycles. The quantitative estimate of drug-likeness (QED) is 0.326. The van der Waals surface area contributed by atoms with Gasteiger partial charge in [0.15, 0.2) is 0 Å². The molecule has 0 aliphatic heterocycles. The van der Waals surface area contributed by atoms with Crippen molar-refractivity contribution in [1.82, 2.24) is 14.5 Å². The molecule has 0 radical (unpaired) electrons. The fourth-order valence-electron chi connectivity index (χ4n) is 2.79. The minimum atomic E-state index is -0.398. The molecule has 8 nitrogen and oxygen atoms in total. The van der Waals surface area contributed by atoms with Crippen molar-refractivity contribution >= 4 is 17.4 Å². The molecule has 2 aromatic heterocycles. The number of aromatic nitrogens is 3. The summed E-state index contributed by atoms with van der Waals surface area (Å²) >= 11 is 1.44. The van der Waals surface area contributed by atoms with Gasteiger partial charge in [-0.25, -0.2) is 10.5 Å². The average Bonchev–Trinajstić information content (AvgIpc) is 3.01. The molecule has 0 bridgehead atoms. The molecule has 144 valence electrons. The van der Waals surface area contributed by atoms with E-state index >= 15 is 0 Å². The van der Waals surface area contributed by atoms with Crippen LogP contribution in [0.5, 0.6) is 0 Å². The molecule has 0 fully saturated rings. The van der Waals surface area contributed by atoms with Crippen LogP contribution in [-0.2, 0) is 13.1 Å². The van der Waals surface area contributed by atoms with E-state index in [1.807, 2.05) is 22.8 Å². The SMILES string of the molecule is CC(C)c1nc(CN=N)n(Cc2cccnc2)c1Sc1cccc([N+](=O)[O-])c1. The smallest absolute Gasteiger partial charge is 0.270 e. The topological polar surface area (TPSA) is 110 Å². The summed E-state index contributed by atoms with van der Waals surface area (Å²) in [5.74, 6) is 0.844. The maximum absolute atomic E-state index is 11.1. The number of benzene rings is 1. The van der Waals surface area contributed by atoms with Crippen LogP contribution in [0.2, 0.25) is 0 Å². The fraction of sp³-hybridized carbons (Fsp3) is 0.263. The Hall–Kier alpha value is -3.07. The zero-order chi connectivity index (χ0) is 20.1. The normalized spacial score (nSPS) is 11.0. The maximum atomic E-state index is 11.1. The van der Waals surface area contributed by atoms with Crippen molar-refractivity contribution in [1.29, 1.82) is 5.53 Å². The van der Waals surface area contributed by atoms with Gasteiger partial charge in [-0.15, -0.1) is 0 Å². The van der Waals surface area contributed by atoms with Gasteiger partial charge in [0.05, 0.1) is 17.2 Å². The molecular weight excluding hydrogens is 376 g/mol. The van der Waals surface area contributed by atoms with Gasteiger partial charge in [-0.2, -0.15) is 5.11 Å². The Bertz CT molecular complexity index is 987. The van der Waals surface area contributed by atoms with Crippen molar-refractivity contribution in [2.75, 3.05) is 0 Å². The van der Waals surface area contributed by atoms with Crippen LogP contribution in [0, 0.1) is 15.6 Å². The molecular formula is C19H20N6O2S. The van der Waals surface area contributed by atoms with Gasteiger partial charge >= 0.3 is 0 Å². The summed E-state index contributed by atoms with van der Waals surface area (Å²) < 4.78 is 2.02. The molecule has 2 heterocycles. The van der Waals surface area contributed by atoms with Crippen LogP contribution in [0.25, 0.3) is 0 Å². The zero-order valence-electron chi connectivity index (χ0n) is 15.6. The second-order valence-electron chi connectivity index (χ2n) is 6.49. The van der Waals surface area contributed by atoms with Crippen molar-refractivity contribution in [3.05, 3.63) is 76.0 Å². The van der Waals surface area contributed by atoms with Crippen molar-refractivity contribution in [2.24, 2.45) is 5.11 Å². The largest absolute Gasteiger partial charge is 0.317 e. The molecule has 9 heteroatoms. The van der Waals surface area contributed by atoms with E-state index in [2.05, 4.69) is 23.9 Å². The standard InChI is InChI=1S/C19H20N6O2S/c1-13(2)18-19(28-16-7-3-6-15(9-16)25(26)27)24(17(23-18)11-22-20)12-14-5-4-8-21-10-14/h3-10,13,20H,11-12H2,1-2H3. The third-order valence-electron chi connectivity index (χ3n) is 4.10. The van der Waals surface area contributed by atoms with E-state index in [4.69, 9.17) is 10.5 Å². The Morgan fingerprint density at radius 1 is 1.32 bits per heavy atom. The number of nitrogens with one attached hydrogen (secondary N) is 1. The third kappa shape index (κ3) is 4.42. The van der Waals surface area contributed by atoms with Crippen LogP contribution in [0.1, 0.15) is 36.8 Å². The summed E-state index contributed by atoms with van der Waals surface area (Å²) in [5.41, 5.74) is 9.22. The van der Waals surface area contributed by atoms with Crippen LogP contribution < -0.4 is 0 Å². The average molecular weight is 396 g/mol. The van der Waals surface area contributed by atoms with Gasteiger partial charge in [-0.3, -0.25) is 15.1 Å². The van der Waals surface area contributed by atoms with Gasteiger partial charge in [0, 0.05) is 29.4 Å². The Morgan fingerprint density at radius 2 is 2.14 bits per heavy atom. The highest BCUT2D eigenvalue weighted by Gasteiger charge is 2.21. The number of hydrogen-bond donors (Lipinski definition) is 1. The summed E-state index contributed by atoms with van der Waals surface area (Å²) in [5, 5.41) is 15.5. The molecule has 1 N–H and O–H groups in total. The molecule has 3 rings (SSSR count). The summed E-state index contributed by atoms with van der Waals surface area (Å²) in [6.07, 6.45) is 3.51. The molecule has 28 heavy (non-hydrogen) atoms. The lowest BCUT2D eigenvalue weighted by molar-refractivity contribution is -0.385.